The van der Waals surface area contributed by atoms with Crippen molar-refractivity contribution in [3.05, 3.63) is 76.2 Å². The Kier molecular flexibility index (Phi) is 6.28. The van der Waals surface area contributed by atoms with Gasteiger partial charge in [-0.1, -0.05) is 53.4 Å². The number of benzene rings is 2. The number of nitrogens with one attached hydrogen (secondary N) is 2. The molecule has 2 amide bonds. The molecule has 31 heavy (non-hydrogen) atoms. The van der Waals surface area contributed by atoms with Gasteiger partial charge < -0.3 is 4.42 Å². The number of thioether (sulfide) groups is 1. The monoisotopic (exact) mass is 456 g/mol. The highest BCUT2D eigenvalue weighted by Crippen LogP contribution is 2.33. The minimum Gasteiger partial charge on any atom is -0.451 e. The Balaban J connectivity index is 1.46. The van der Waals surface area contributed by atoms with Crippen molar-refractivity contribution in [2.24, 2.45) is 0 Å². The molecule has 4 rings (SSSR count). The molecule has 10 heteroatoms. The second kappa shape index (κ2) is 9.27. The molecular weight excluding hydrogens is 439 g/mol. The van der Waals surface area contributed by atoms with Crippen molar-refractivity contribution >= 4 is 45.9 Å². The van der Waals surface area contributed by atoms with E-state index in [0.717, 1.165) is 14.7 Å². The first-order valence-electron chi connectivity index (χ1n) is 9.26. The van der Waals surface area contributed by atoms with Crippen molar-refractivity contribution in [3.8, 4) is 0 Å². The van der Waals surface area contributed by atoms with Gasteiger partial charge in [0.2, 0.25) is 5.91 Å². The Labute approximate surface area is 185 Å². The third kappa shape index (κ3) is 5.09. The quantitative estimate of drug-likeness (QED) is 0.336. The van der Waals surface area contributed by atoms with E-state index in [1.807, 2.05) is 25.1 Å². The number of hydrogen-bond donors (Lipinski definition) is 2. The Morgan fingerprint density at radius 3 is 2.61 bits per heavy atom. The molecule has 2 heterocycles. The largest absolute Gasteiger partial charge is 0.451 e. The van der Waals surface area contributed by atoms with Gasteiger partial charge in [0.15, 0.2) is 10.1 Å². The van der Waals surface area contributed by atoms with Gasteiger partial charge in [-0.2, -0.15) is 0 Å². The summed E-state index contributed by atoms with van der Waals surface area (Å²) in [7, 11) is 0. The Morgan fingerprint density at radius 1 is 1.10 bits per heavy atom. The lowest BCUT2D eigenvalue weighted by molar-refractivity contribution is -0.121. The maximum absolute atomic E-state index is 13.0. The molecule has 4 aromatic rings. The van der Waals surface area contributed by atoms with E-state index in [0.29, 0.717) is 22.5 Å². The van der Waals surface area contributed by atoms with Crippen LogP contribution in [0.5, 0.6) is 0 Å². The van der Waals surface area contributed by atoms with Crippen LogP contribution >= 0.6 is 23.1 Å². The summed E-state index contributed by atoms with van der Waals surface area (Å²) >= 11 is 2.93. The van der Waals surface area contributed by atoms with E-state index in [1.54, 1.807) is 6.07 Å². The zero-order valence-corrected chi connectivity index (χ0v) is 18.0. The number of fused-ring (bicyclic) bond motifs is 1. The molecule has 0 fully saturated rings. The van der Waals surface area contributed by atoms with E-state index in [1.165, 1.54) is 47.4 Å². The number of aromatic nitrogens is 2. The molecule has 2 aromatic carbocycles. The number of rotatable bonds is 6. The highest BCUT2D eigenvalue weighted by molar-refractivity contribution is 8.00. The van der Waals surface area contributed by atoms with Crippen LogP contribution in [0.2, 0.25) is 0 Å². The van der Waals surface area contributed by atoms with Crippen molar-refractivity contribution in [3.63, 3.8) is 0 Å². The SMILES string of the molecule is Cc1nnc(SCc2c(C(=O)NNC(=O)Cc3ccc(F)cc3)oc3ccccc23)s1. The minimum atomic E-state index is -0.562. The molecule has 158 valence electrons. The highest BCUT2D eigenvalue weighted by atomic mass is 32.2. The van der Waals surface area contributed by atoms with E-state index in [-0.39, 0.29) is 18.0 Å². The molecule has 0 bridgehead atoms. The maximum Gasteiger partial charge on any atom is 0.305 e. The van der Waals surface area contributed by atoms with Crippen LogP contribution in [0.4, 0.5) is 4.39 Å². The summed E-state index contributed by atoms with van der Waals surface area (Å²) in [5.41, 5.74) is 6.68. The second-order valence-electron chi connectivity index (χ2n) is 6.59. The fourth-order valence-electron chi connectivity index (χ4n) is 2.91. The number of carbonyl (C=O) groups is 2. The Bertz CT molecular complexity index is 1240. The molecule has 0 aliphatic heterocycles. The van der Waals surface area contributed by atoms with E-state index in [4.69, 9.17) is 4.42 Å². The van der Waals surface area contributed by atoms with Crippen molar-refractivity contribution in [1.82, 2.24) is 21.0 Å². The van der Waals surface area contributed by atoms with Crippen LogP contribution in [-0.2, 0) is 17.0 Å². The molecule has 0 unspecified atom stereocenters. The van der Waals surface area contributed by atoms with Crippen LogP contribution in [0.15, 0.2) is 57.3 Å². The predicted octanol–water partition coefficient (Wildman–Crippen LogP) is 4.03. The van der Waals surface area contributed by atoms with Crippen LogP contribution in [-0.4, -0.2) is 22.0 Å². The summed E-state index contributed by atoms with van der Waals surface area (Å²) in [6.45, 7) is 1.88. The van der Waals surface area contributed by atoms with Gasteiger partial charge in [0, 0.05) is 16.7 Å². The standard InChI is InChI=1S/C21H17FN4O3S2/c1-12-23-26-21(31-12)30-11-16-15-4-2-3-5-17(15)29-19(16)20(28)25-24-18(27)10-13-6-8-14(22)9-7-13/h2-9H,10-11H2,1H3,(H,24,27)(H,25,28). The number of aryl methyl sites for hydroxylation is 1. The van der Waals surface area contributed by atoms with Crippen molar-refractivity contribution < 1.29 is 18.4 Å². The smallest absolute Gasteiger partial charge is 0.305 e. The van der Waals surface area contributed by atoms with Crippen LogP contribution < -0.4 is 10.9 Å². The van der Waals surface area contributed by atoms with Crippen LogP contribution in [0, 0.1) is 12.7 Å². The Morgan fingerprint density at radius 2 is 1.87 bits per heavy atom. The van der Waals surface area contributed by atoms with E-state index >= 15 is 0 Å². The molecule has 0 saturated carbocycles. The molecular formula is C21H17FN4O3S2. The van der Waals surface area contributed by atoms with Crippen molar-refractivity contribution in [2.75, 3.05) is 0 Å². The third-order valence-electron chi connectivity index (χ3n) is 4.35. The van der Waals surface area contributed by atoms with Crippen LogP contribution in [0.25, 0.3) is 11.0 Å². The number of carbonyl (C=O) groups excluding carboxylic acids is 2. The molecule has 0 aliphatic carbocycles. The minimum absolute atomic E-state index is 0.000201. The molecule has 7 nitrogen and oxygen atoms in total. The lowest BCUT2D eigenvalue weighted by Crippen LogP contribution is -2.42. The zero-order chi connectivity index (χ0) is 21.8. The molecule has 2 N–H and O–H groups in total. The number of halogens is 1. The summed E-state index contributed by atoms with van der Waals surface area (Å²) in [6.07, 6.45) is -0.000201. The summed E-state index contributed by atoms with van der Waals surface area (Å²) < 4.78 is 19.5. The summed E-state index contributed by atoms with van der Waals surface area (Å²) in [5, 5.41) is 9.78. The van der Waals surface area contributed by atoms with Crippen molar-refractivity contribution in [2.45, 2.75) is 23.4 Å². The fourth-order valence-corrected chi connectivity index (χ4v) is 4.75. The number of para-hydroxylation sites is 1. The van der Waals surface area contributed by atoms with Crippen LogP contribution in [0.1, 0.15) is 26.7 Å². The number of furan rings is 1. The predicted molar refractivity (Wildman–Crippen MR) is 116 cm³/mol. The molecule has 2 aromatic heterocycles. The van der Waals surface area contributed by atoms with Gasteiger partial charge >= 0.3 is 5.91 Å². The molecule has 0 saturated heterocycles. The van der Waals surface area contributed by atoms with Gasteiger partial charge in [0.1, 0.15) is 16.4 Å². The lowest BCUT2D eigenvalue weighted by Gasteiger charge is -2.07. The van der Waals surface area contributed by atoms with Crippen LogP contribution in [0.3, 0.4) is 0 Å². The first-order valence-corrected chi connectivity index (χ1v) is 11.1. The van der Waals surface area contributed by atoms with E-state index < -0.39 is 11.8 Å². The van der Waals surface area contributed by atoms with Gasteiger partial charge in [-0.05, 0) is 30.7 Å². The average Bonchev–Trinajstić information content (AvgIpc) is 3.35. The van der Waals surface area contributed by atoms with E-state index in [9.17, 15) is 14.0 Å². The van der Waals surface area contributed by atoms with Gasteiger partial charge in [0.05, 0.1) is 6.42 Å². The normalized spacial score (nSPS) is 10.9. The molecule has 0 aliphatic rings. The van der Waals surface area contributed by atoms with Gasteiger partial charge in [0.25, 0.3) is 0 Å². The summed E-state index contributed by atoms with van der Waals surface area (Å²) in [4.78, 5) is 24.9. The number of hydrazine groups is 1. The number of nitrogens with zero attached hydrogens (tertiary/aromatic N) is 2. The zero-order valence-electron chi connectivity index (χ0n) is 16.3. The fraction of sp³-hybridized carbons (Fsp3) is 0.143. The highest BCUT2D eigenvalue weighted by Gasteiger charge is 2.21. The summed E-state index contributed by atoms with van der Waals surface area (Å²) in [6, 6.07) is 12.9. The summed E-state index contributed by atoms with van der Waals surface area (Å²) in [5.74, 6) is -0.796. The molecule has 0 atom stereocenters. The maximum atomic E-state index is 13.0. The second-order valence-corrected chi connectivity index (χ2v) is 8.99. The lowest BCUT2D eigenvalue weighted by atomic mass is 10.1. The molecule has 0 radical (unpaired) electrons. The van der Waals surface area contributed by atoms with Gasteiger partial charge in [-0.15, -0.1) is 10.2 Å². The topological polar surface area (TPSA) is 97.1 Å². The van der Waals surface area contributed by atoms with Gasteiger partial charge in [-0.25, -0.2) is 4.39 Å². The average molecular weight is 457 g/mol. The van der Waals surface area contributed by atoms with Crippen molar-refractivity contribution in [1.29, 1.82) is 0 Å². The van der Waals surface area contributed by atoms with Gasteiger partial charge in [-0.3, -0.25) is 20.4 Å². The third-order valence-corrected chi connectivity index (χ3v) is 6.34. The number of amides is 2. The Hall–Kier alpha value is -3.24. The van der Waals surface area contributed by atoms with E-state index in [2.05, 4.69) is 21.0 Å². The molecule has 0 spiro atoms. The first kappa shape index (κ1) is 21.0. The number of hydrogen-bond acceptors (Lipinski definition) is 7. The first-order chi connectivity index (χ1) is 15.0.